The summed E-state index contributed by atoms with van der Waals surface area (Å²) in [6.07, 6.45) is 5.39. The number of nitrogens with one attached hydrogen (secondary N) is 6. The molecule has 388 valence electrons. The molecule has 6 N–H and O–H groups in total. The molecule has 14 heteroatoms. The van der Waals surface area contributed by atoms with Gasteiger partial charge in [-0.25, -0.2) is 0 Å². The van der Waals surface area contributed by atoms with Crippen molar-refractivity contribution in [3.05, 3.63) is 202 Å². The van der Waals surface area contributed by atoms with Gasteiger partial charge in [-0.2, -0.15) is 0 Å². The van der Waals surface area contributed by atoms with E-state index in [0.717, 1.165) is 67.6 Å². The molecule has 0 fully saturated rings. The minimum atomic E-state index is -0.300. The third-order valence-corrected chi connectivity index (χ3v) is 10.5. The Morgan fingerprint density at radius 1 is 0.411 bits per heavy atom. The standard InChI is InChI=1S/C9H9NO.C8H5NO2.2C8H7NO.C8H5NS2.C6H6N2.6C2H6/c11-9-8-4-2-1-3-7(8)5-6-10-9;10-7-5-3-1-2-4-6(5)8(11)9-7;10-8-7-4-2-1-3-6(7)5-9-8;10-8-5-6-3-1-2-4-7(6)9-8;10-7-5-3-1-2-4-6(5)8(11)9-7;1-2-6-3-4-7-8(6)5-1;6*1-2/h1-4H,5-6H2,(H,10,11);1-4H,(H,9,10,11);2*1-4H,5H2,(H,9,10);1-4H,(H,9,10,11);1-5,7H;6*1-2H3. The number of nitrogens with zero attached hydrogens (tertiary/aromatic N) is 1. The summed E-state index contributed by atoms with van der Waals surface area (Å²) in [4.78, 5) is 56.3. The topological polar surface area (TPSA) is 166 Å². The van der Waals surface area contributed by atoms with Crippen molar-refractivity contribution in [2.45, 2.75) is 102 Å². The zero-order valence-corrected chi connectivity index (χ0v) is 46.2. The number of carbonyl (C=O) groups excluding carboxylic acids is 5. The number of anilines is 1. The van der Waals surface area contributed by atoms with Crippen molar-refractivity contribution in [3.8, 4) is 0 Å². The first-order valence-electron chi connectivity index (χ1n) is 25.3. The van der Waals surface area contributed by atoms with Gasteiger partial charge in [0.15, 0.2) is 0 Å². The highest BCUT2D eigenvalue weighted by atomic mass is 32.1. The number of benzene rings is 5. The van der Waals surface area contributed by atoms with Gasteiger partial charge in [0, 0.05) is 53.4 Å². The predicted molar refractivity (Wildman–Crippen MR) is 310 cm³/mol. The number of rotatable bonds is 0. The molecule has 12 nitrogen and oxygen atoms in total. The number of imide groups is 1. The van der Waals surface area contributed by atoms with Gasteiger partial charge in [-0.05, 0) is 71.6 Å². The summed E-state index contributed by atoms with van der Waals surface area (Å²) in [6, 6.07) is 43.8. The average molecular weight is 1030 g/mol. The van der Waals surface area contributed by atoms with E-state index in [0.29, 0.717) is 24.1 Å². The lowest BCUT2D eigenvalue weighted by Crippen LogP contribution is -2.31. The quantitative estimate of drug-likeness (QED) is 0.0645. The average Bonchev–Trinajstić information content (AvgIpc) is 4.34. The Bertz CT molecular complexity index is 2600. The van der Waals surface area contributed by atoms with E-state index in [1.54, 1.807) is 24.3 Å². The van der Waals surface area contributed by atoms with E-state index in [2.05, 4.69) is 37.7 Å². The molecule has 7 aromatic rings. The molecule has 5 aliphatic rings. The highest BCUT2D eigenvalue weighted by Gasteiger charge is 2.25. The van der Waals surface area contributed by atoms with Crippen LogP contribution in [0.3, 0.4) is 0 Å². The van der Waals surface area contributed by atoms with E-state index >= 15 is 0 Å². The van der Waals surface area contributed by atoms with Gasteiger partial charge >= 0.3 is 0 Å². The molecule has 0 atom stereocenters. The lowest BCUT2D eigenvalue weighted by Gasteiger charge is -2.15. The van der Waals surface area contributed by atoms with Gasteiger partial charge in [0.2, 0.25) is 5.91 Å². The fourth-order valence-electron chi connectivity index (χ4n) is 6.78. The Morgan fingerprint density at radius 2 is 0.849 bits per heavy atom. The summed E-state index contributed by atoms with van der Waals surface area (Å²) in [5.41, 5.74) is 10.2. The van der Waals surface area contributed by atoms with Crippen LogP contribution in [0, 0.1) is 0 Å². The summed E-state index contributed by atoms with van der Waals surface area (Å²) >= 11 is 10.1. The van der Waals surface area contributed by atoms with Gasteiger partial charge in [0.25, 0.3) is 23.6 Å². The van der Waals surface area contributed by atoms with Crippen LogP contribution >= 0.6 is 24.4 Å². The van der Waals surface area contributed by atoms with Crippen molar-refractivity contribution in [3.63, 3.8) is 0 Å². The normalized spacial score (nSPS) is 12.4. The molecular formula is C59H75N7O5S2. The van der Waals surface area contributed by atoms with Gasteiger partial charge in [-0.1, -0.05) is 199 Å². The molecule has 12 rings (SSSR count). The van der Waals surface area contributed by atoms with Gasteiger partial charge < -0.3 is 26.4 Å². The second-order valence-corrected chi connectivity index (χ2v) is 14.6. The Balaban J connectivity index is 0.000000421. The van der Waals surface area contributed by atoms with Crippen molar-refractivity contribution in [2.24, 2.45) is 0 Å². The summed E-state index contributed by atoms with van der Waals surface area (Å²) in [6.45, 7) is 25.5. The molecule has 0 unspecified atom stereocenters. The summed E-state index contributed by atoms with van der Waals surface area (Å²) in [5, 5.41) is 16.5. The molecule has 2 aromatic heterocycles. The third-order valence-electron chi connectivity index (χ3n) is 9.82. The van der Waals surface area contributed by atoms with E-state index in [4.69, 9.17) is 24.4 Å². The van der Waals surface area contributed by atoms with E-state index in [-0.39, 0.29) is 29.5 Å². The number of carbonyl (C=O) groups is 5. The maximum Gasteiger partial charge on any atom is 0.258 e. The molecule has 0 bridgehead atoms. The van der Waals surface area contributed by atoms with E-state index in [1.165, 1.54) is 5.52 Å². The summed E-state index contributed by atoms with van der Waals surface area (Å²) < 4.78 is 1.96. The van der Waals surface area contributed by atoms with Crippen molar-refractivity contribution in [1.29, 1.82) is 0 Å². The number of para-hydroxylation sites is 1. The van der Waals surface area contributed by atoms with Gasteiger partial charge in [-0.3, -0.25) is 33.8 Å². The van der Waals surface area contributed by atoms with E-state index < -0.39 is 0 Å². The Labute approximate surface area is 444 Å². The molecule has 5 aromatic carbocycles. The number of H-pyrrole nitrogens is 1. The maximum atomic E-state index is 11.2. The minimum Gasteiger partial charge on any atom is -0.352 e. The zero-order valence-electron chi connectivity index (χ0n) is 44.6. The predicted octanol–water partition coefficient (Wildman–Crippen LogP) is 12.7. The molecule has 0 saturated carbocycles. The van der Waals surface area contributed by atoms with Crippen LogP contribution in [0.15, 0.2) is 152 Å². The maximum absolute atomic E-state index is 11.2. The first-order chi connectivity index (χ1) is 35.7. The number of aromatic nitrogens is 2. The molecule has 73 heavy (non-hydrogen) atoms. The summed E-state index contributed by atoms with van der Waals surface area (Å²) in [7, 11) is 0. The van der Waals surface area contributed by atoms with Gasteiger partial charge in [-0.15, -0.1) is 0 Å². The lowest BCUT2D eigenvalue weighted by molar-refractivity contribution is -0.115. The Hall–Kier alpha value is -7.55. The molecule has 0 aliphatic carbocycles. The van der Waals surface area contributed by atoms with Crippen LogP contribution in [-0.4, -0.2) is 55.7 Å². The van der Waals surface area contributed by atoms with Crippen LogP contribution in [0.2, 0.25) is 0 Å². The Kier molecular flexibility index (Phi) is 31.6. The fraction of sp³-hybridized carbons (Fsp3) is 0.271. The lowest BCUT2D eigenvalue weighted by atomic mass is 10.0. The minimum absolute atomic E-state index is 0.0515. The molecule has 0 saturated heterocycles. The number of hydrogen-bond acceptors (Lipinski definition) is 7. The first-order valence-corrected chi connectivity index (χ1v) is 26.1. The number of aromatic amines is 1. The molecule has 0 radical (unpaired) electrons. The highest BCUT2D eigenvalue weighted by molar-refractivity contribution is 7.82. The highest BCUT2D eigenvalue weighted by Crippen LogP contribution is 2.21. The van der Waals surface area contributed by atoms with E-state index in [9.17, 15) is 24.0 Å². The van der Waals surface area contributed by atoms with Crippen molar-refractivity contribution in [1.82, 2.24) is 30.9 Å². The summed E-state index contributed by atoms with van der Waals surface area (Å²) in [5.74, 6) is -0.389. The van der Waals surface area contributed by atoms with Crippen LogP contribution in [0.1, 0.15) is 152 Å². The van der Waals surface area contributed by atoms with Crippen LogP contribution in [0.5, 0.6) is 0 Å². The smallest absolute Gasteiger partial charge is 0.258 e. The van der Waals surface area contributed by atoms with Crippen LogP contribution in [0.4, 0.5) is 5.69 Å². The second kappa shape index (κ2) is 36.4. The second-order valence-electron chi connectivity index (χ2n) is 13.8. The van der Waals surface area contributed by atoms with Crippen LogP contribution in [0.25, 0.3) is 5.52 Å². The molecule has 0 spiro atoms. The third kappa shape index (κ3) is 19.2. The van der Waals surface area contributed by atoms with Crippen LogP contribution < -0.4 is 26.6 Å². The molecule has 5 amide bonds. The van der Waals surface area contributed by atoms with Crippen molar-refractivity contribution >= 4 is 75.2 Å². The number of fused-ring (bicyclic) bond motifs is 6. The zero-order chi connectivity index (χ0) is 54.7. The Morgan fingerprint density at radius 3 is 1.34 bits per heavy atom. The fourth-order valence-corrected chi connectivity index (χ4v) is 7.41. The molecule has 5 aliphatic heterocycles. The number of amides is 5. The van der Waals surface area contributed by atoms with Gasteiger partial charge in [0.1, 0.15) is 9.98 Å². The number of hydrogen-bond donors (Lipinski definition) is 6. The monoisotopic (exact) mass is 1030 g/mol. The SMILES string of the molecule is CC.CC.CC.CC.CC.CC.O=C1Cc2ccccc2N1.O=C1NC(=O)c2ccccc21.O=C1NCCc2ccccc21.O=C1NCc2ccccc21.S=C1NC(=S)c2ccccc21.c1cc2cc[nH]n2c1. The van der Waals surface area contributed by atoms with E-state index in [1.807, 2.05) is 209 Å². The molecule has 7 heterocycles. The largest absolute Gasteiger partial charge is 0.352 e. The van der Waals surface area contributed by atoms with Gasteiger partial charge in [0.05, 0.1) is 23.1 Å². The van der Waals surface area contributed by atoms with Crippen molar-refractivity contribution < 1.29 is 24.0 Å². The molecular weight excluding hydrogens is 951 g/mol. The first kappa shape index (κ1) is 63.5. The van der Waals surface area contributed by atoms with Crippen LogP contribution in [-0.2, 0) is 24.2 Å². The van der Waals surface area contributed by atoms with Crippen molar-refractivity contribution in [2.75, 3.05) is 11.9 Å². The number of thiocarbonyl (C=S) groups is 2.